The molecule has 1 fully saturated rings. The quantitative estimate of drug-likeness (QED) is 0.769. The lowest BCUT2D eigenvalue weighted by atomic mass is 9.91. The van der Waals surface area contributed by atoms with Crippen LogP contribution in [-0.2, 0) is 10.3 Å². The van der Waals surface area contributed by atoms with E-state index in [1.165, 1.54) is 0 Å². The third kappa shape index (κ3) is 1.49. The lowest BCUT2D eigenvalue weighted by Gasteiger charge is -2.37. The zero-order valence-corrected chi connectivity index (χ0v) is 8.41. The van der Waals surface area contributed by atoms with Gasteiger partial charge in [-0.25, -0.2) is 0 Å². The van der Waals surface area contributed by atoms with Gasteiger partial charge in [0.25, 0.3) is 0 Å². The summed E-state index contributed by atoms with van der Waals surface area (Å²) in [6, 6.07) is 5.76. The maximum Gasteiger partial charge on any atom is 0.136 e. The van der Waals surface area contributed by atoms with Crippen LogP contribution in [0, 0.1) is 6.92 Å². The van der Waals surface area contributed by atoms with E-state index in [2.05, 4.69) is 0 Å². The Balaban J connectivity index is 2.37. The topological polar surface area (TPSA) is 38.7 Å². The monoisotopic (exact) mass is 194 g/mol. The summed E-state index contributed by atoms with van der Waals surface area (Å²) in [5.41, 5.74) is 1.15. The van der Waals surface area contributed by atoms with E-state index < -0.39 is 5.60 Å². The normalized spacial score (nSPS) is 18.8. The summed E-state index contributed by atoms with van der Waals surface area (Å²) in [7, 11) is 1.62. The molecule has 0 bridgehead atoms. The van der Waals surface area contributed by atoms with Gasteiger partial charge < -0.3 is 14.6 Å². The first kappa shape index (κ1) is 9.49. The number of aryl methyl sites for hydroxylation is 1. The first-order valence-corrected chi connectivity index (χ1v) is 4.60. The molecular weight excluding hydrogens is 180 g/mol. The Morgan fingerprint density at radius 2 is 2.07 bits per heavy atom. The molecule has 2 rings (SSSR count). The molecule has 1 N–H and O–H groups in total. The first-order valence-electron chi connectivity index (χ1n) is 4.60. The molecule has 1 saturated heterocycles. The number of aliphatic hydroxyl groups is 1. The Morgan fingerprint density at radius 3 is 2.57 bits per heavy atom. The summed E-state index contributed by atoms with van der Waals surface area (Å²) >= 11 is 0. The molecule has 0 radical (unpaired) electrons. The minimum absolute atomic E-state index is 0.375. The second-order valence-electron chi connectivity index (χ2n) is 3.76. The average molecular weight is 194 g/mol. The number of benzene rings is 1. The lowest BCUT2D eigenvalue weighted by Crippen LogP contribution is -2.46. The largest absolute Gasteiger partial charge is 0.497 e. The van der Waals surface area contributed by atoms with Gasteiger partial charge in [-0.05, 0) is 30.2 Å². The van der Waals surface area contributed by atoms with E-state index in [0.29, 0.717) is 13.2 Å². The van der Waals surface area contributed by atoms with Crippen LogP contribution in [0.5, 0.6) is 5.75 Å². The molecule has 1 heterocycles. The van der Waals surface area contributed by atoms with Gasteiger partial charge in [0.05, 0.1) is 20.3 Å². The molecular formula is C11H14O3. The maximum atomic E-state index is 10.0. The number of hydrogen-bond donors (Lipinski definition) is 1. The van der Waals surface area contributed by atoms with E-state index in [-0.39, 0.29) is 0 Å². The van der Waals surface area contributed by atoms with Crippen LogP contribution in [0.1, 0.15) is 11.1 Å². The molecule has 14 heavy (non-hydrogen) atoms. The molecule has 1 aliphatic heterocycles. The molecule has 3 nitrogen and oxygen atoms in total. The average Bonchev–Trinajstić information content (AvgIpc) is 2.13. The van der Waals surface area contributed by atoms with Crippen LogP contribution in [-0.4, -0.2) is 25.4 Å². The molecule has 0 aliphatic carbocycles. The van der Waals surface area contributed by atoms with E-state index in [1.54, 1.807) is 7.11 Å². The van der Waals surface area contributed by atoms with Crippen molar-refractivity contribution in [1.29, 1.82) is 0 Å². The molecule has 0 atom stereocenters. The summed E-state index contributed by atoms with van der Waals surface area (Å²) in [5.74, 6) is 0.778. The summed E-state index contributed by atoms with van der Waals surface area (Å²) in [6.07, 6.45) is 0. The van der Waals surface area contributed by atoms with E-state index in [9.17, 15) is 5.11 Å². The van der Waals surface area contributed by atoms with Crippen molar-refractivity contribution in [1.82, 2.24) is 0 Å². The number of methoxy groups -OCH3 is 1. The van der Waals surface area contributed by atoms with E-state index >= 15 is 0 Å². The van der Waals surface area contributed by atoms with Gasteiger partial charge >= 0.3 is 0 Å². The minimum atomic E-state index is -0.806. The third-order valence-corrected chi connectivity index (χ3v) is 2.51. The number of ether oxygens (including phenoxy) is 2. The van der Waals surface area contributed by atoms with Crippen LogP contribution >= 0.6 is 0 Å². The summed E-state index contributed by atoms with van der Waals surface area (Å²) in [4.78, 5) is 0. The highest BCUT2D eigenvalue weighted by Crippen LogP contribution is 2.32. The van der Waals surface area contributed by atoms with E-state index in [1.807, 2.05) is 25.1 Å². The Kier molecular flexibility index (Phi) is 2.21. The summed E-state index contributed by atoms with van der Waals surface area (Å²) in [6.45, 7) is 2.73. The van der Waals surface area contributed by atoms with Gasteiger partial charge in [0.1, 0.15) is 11.4 Å². The second kappa shape index (κ2) is 3.26. The zero-order chi connectivity index (χ0) is 10.2. The molecule has 0 aromatic heterocycles. The minimum Gasteiger partial charge on any atom is -0.497 e. The van der Waals surface area contributed by atoms with Gasteiger partial charge in [-0.2, -0.15) is 0 Å². The van der Waals surface area contributed by atoms with Gasteiger partial charge in [-0.1, -0.05) is 6.07 Å². The van der Waals surface area contributed by atoms with Crippen molar-refractivity contribution in [3.63, 3.8) is 0 Å². The molecule has 0 unspecified atom stereocenters. The smallest absolute Gasteiger partial charge is 0.136 e. The third-order valence-electron chi connectivity index (χ3n) is 2.51. The Hall–Kier alpha value is -1.06. The van der Waals surface area contributed by atoms with Crippen molar-refractivity contribution < 1.29 is 14.6 Å². The van der Waals surface area contributed by atoms with Crippen LogP contribution in [0.3, 0.4) is 0 Å². The highest BCUT2D eigenvalue weighted by Gasteiger charge is 2.38. The molecule has 0 spiro atoms. The Morgan fingerprint density at radius 1 is 1.36 bits per heavy atom. The van der Waals surface area contributed by atoms with Crippen LogP contribution in [0.25, 0.3) is 0 Å². The molecule has 1 aliphatic rings. The second-order valence-corrected chi connectivity index (χ2v) is 3.76. The molecule has 76 valence electrons. The predicted molar refractivity (Wildman–Crippen MR) is 52.4 cm³/mol. The van der Waals surface area contributed by atoms with Crippen molar-refractivity contribution in [2.75, 3.05) is 20.3 Å². The zero-order valence-electron chi connectivity index (χ0n) is 8.41. The predicted octanol–water partition coefficient (Wildman–Crippen LogP) is 1.22. The van der Waals surface area contributed by atoms with Crippen molar-refractivity contribution in [2.24, 2.45) is 0 Å². The highest BCUT2D eigenvalue weighted by atomic mass is 16.5. The van der Waals surface area contributed by atoms with Gasteiger partial charge in [-0.3, -0.25) is 0 Å². The van der Waals surface area contributed by atoms with Crippen molar-refractivity contribution >= 4 is 0 Å². The van der Waals surface area contributed by atoms with Gasteiger partial charge in [0, 0.05) is 0 Å². The highest BCUT2D eigenvalue weighted by molar-refractivity contribution is 5.37. The standard InChI is InChI=1S/C11H14O3/c1-8-3-9(5-10(4-8)13-2)11(12)6-14-7-11/h3-5,12H,6-7H2,1-2H3. The first-order chi connectivity index (χ1) is 6.64. The van der Waals surface area contributed by atoms with Crippen LogP contribution in [0.15, 0.2) is 18.2 Å². The van der Waals surface area contributed by atoms with Crippen molar-refractivity contribution in [2.45, 2.75) is 12.5 Å². The number of rotatable bonds is 2. The van der Waals surface area contributed by atoms with E-state index in [4.69, 9.17) is 9.47 Å². The fourth-order valence-corrected chi connectivity index (χ4v) is 1.60. The van der Waals surface area contributed by atoms with Crippen LogP contribution in [0.2, 0.25) is 0 Å². The summed E-state index contributed by atoms with van der Waals surface area (Å²) < 4.78 is 10.2. The Labute approximate surface area is 83.3 Å². The lowest BCUT2D eigenvalue weighted by molar-refractivity contribution is -0.184. The molecule has 3 heteroatoms. The van der Waals surface area contributed by atoms with E-state index in [0.717, 1.165) is 16.9 Å². The van der Waals surface area contributed by atoms with Gasteiger partial charge in [0.2, 0.25) is 0 Å². The Bertz CT molecular complexity index is 342. The van der Waals surface area contributed by atoms with Gasteiger partial charge in [0.15, 0.2) is 0 Å². The summed E-state index contributed by atoms with van der Waals surface area (Å²) in [5, 5.41) is 10.0. The fourth-order valence-electron chi connectivity index (χ4n) is 1.60. The fraction of sp³-hybridized carbons (Fsp3) is 0.455. The van der Waals surface area contributed by atoms with Crippen molar-refractivity contribution in [3.8, 4) is 5.75 Å². The molecule has 1 aromatic carbocycles. The van der Waals surface area contributed by atoms with Gasteiger partial charge in [-0.15, -0.1) is 0 Å². The molecule has 0 amide bonds. The van der Waals surface area contributed by atoms with Crippen molar-refractivity contribution in [3.05, 3.63) is 29.3 Å². The number of hydrogen-bond acceptors (Lipinski definition) is 3. The van der Waals surface area contributed by atoms with Crippen LogP contribution < -0.4 is 4.74 Å². The SMILES string of the molecule is COc1cc(C)cc(C2(O)COC2)c1. The van der Waals surface area contributed by atoms with Crippen LogP contribution in [0.4, 0.5) is 0 Å². The maximum absolute atomic E-state index is 10.0. The molecule has 0 saturated carbocycles. The molecule has 1 aromatic rings.